The van der Waals surface area contributed by atoms with Crippen LogP contribution in [-0.2, 0) is 24.1 Å². The molecule has 0 unspecified atom stereocenters. The number of aromatic nitrogens is 1. The van der Waals surface area contributed by atoms with Gasteiger partial charge in [0.05, 0.1) is 29.9 Å². The Balaban J connectivity index is 1.68. The number of aliphatic hydroxyl groups is 1. The number of aliphatic hydroxyl groups excluding tert-OH is 1. The highest BCUT2D eigenvalue weighted by atomic mass is 16.6. The lowest BCUT2D eigenvalue weighted by Gasteiger charge is -2.25. The molecule has 1 aliphatic heterocycles. The topological polar surface area (TPSA) is 128 Å². The number of hydrogen-bond acceptors (Lipinski definition) is 5. The fourth-order valence-electron chi connectivity index (χ4n) is 4.77. The number of likely N-dealkylation sites (tertiary alicyclic amines) is 1. The van der Waals surface area contributed by atoms with Gasteiger partial charge in [0.15, 0.2) is 0 Å². The molecular formula is C22H26N4O5. The first-order valence-electron chi connectivity index (χ1n) is 10.5. The van der Waals surface area contributed by atoms with E-state index in [4.69, 9.17) is 4.74 Å². The van der Waals surface area contributed by atoms with Crippen molar-refractivity contribution in [1.82, 2.24) is 14.8 Å². The van der Waals surface area contributed by atoms with Gasteiger partial charge < -0.3 is 29.7 Å². The van der Waals surface area contributed by atoms with Gasteiger partial charge in [0.2, 0.25) is 0 Å². The minimum atomic E-state index is -1.04. The van der Waals surface area contributed by atoms with Crippen molar-refractivity contribution in [2.75, 3.05) is 6.54 Å². The molecule has 9 heteroatoms. The van der Waals surface area contributed by atoms with Crippen LogP contribution in [0, 0.1) is 11.3 Å². The zero-order chi connectivity index (χ0) is 22.3. The van der Waals surface area contributed by atoms with E-state index in [0.717, 1.165) is 22.2 Å². The second-order valence-electron chi connectivity index (χ2n) is 8.48. The number of nitrogens with zero attached hydrogens (tertiary/aromatic N) is 3. The van der Waals surface area contributed by atoms with Crippen molar-refractivity contribution in [2.45, 2.75) is 63.9 Å². The summed E-state index contributed by atoms with van der Waals surface area (Å²) in [5, 5.41) is 33.1. The average molecular weight is 426 g/mol. The van der Waals surface area contributed by atoms with Crippen molar-refractivity contribution < 1.29 is 24.5 Å². The Hall–Kier alpha value is -3.25. The summed E-state index contributed by atoms with van der Waals surface area (Å²) in [7, 11) is 0. The van der Waals surface area contributed by atoms with Gasteiger partial charge in [-0.2, -0.15) is 5.26 Å². The Morgan fingerprint density at radius 2 is 2.13 bits per heavy atom. The van der Waals surface area contributed by atoms with Crippen molar-refractivity contribution >= 4 is 23.1 Å². The number of ether oxygens (including phenoxy) is 1. The summed E-state index contributed by atoms with van der Waals surface area (Å²) in [5.74, 6) is 0. The molecule has 1 aliphatic carbocycles. The fraction of sp³-hybridized carbons (Fsp3) is 0.500. The Bertz CT molecular complexity index is 1070. The van der Waals surface area contributed by atoms with Crippen LogP contribution in [0.4, 0.5) is 9.59 Å². The Kier molecular flexibility index (Phi) is 5.50. The van der Waals surface area contributed by atoms with Crippen LogP contribution < -0.4 is 5.32 Å². The highest BCUT2D eigenvalue weighted by Gasteiger charge is 2.38. The number of carbonyl (C=O) groups excluding carboxylic acids is 1. The molecule has 2 heterocycles. The molecule has 4 rings (SSSR count). The quantitative estimate of drug-likeness (QED) is 0.688. The highest BCUT2D eigenvalue weighted by Crippen LogP contribution is 2.35. The molecule has 3 N–H and O–H groups in total. The molecule has 2 aromatic rings. The summed E-state index contributed by atoms with van der Waals surface area (Å²) in [6.45, 7) is 4.19. The summed E-state index contributed by atoms with van der Waals surface area (Å²) in [6.07, 6.45) is -0.908. The molecule has 0 bridgehead atoms. The van der Waals surface area contributed by atoms with Gasteiger partial charge in [-0.1, -0.05) is 0 Å². The number of nitrogens with one attached hydrogen (secondary N) is 1. The minimum absolute atomic E-state index is 0.151. The van der Waals surface area contributed by atoms with Crippen molar-refractivity contribution in [3.05, 3.63) is 35.0 Å². The number of hydrogen-bond donors (Lipinski definition) is 3. The Morgan fingerprint density at radius 3 is 2.81 bits per heavy atom. The van der Waals surface area contributed by atoms with Crippen LogP contribution in [0.5, 0.6) is 0 Å². The van der Waals surface area contributed by atoms with Crippen LogP contribution in [0.25, 0.3) is 10.9 Å². The smallest absolute Gasteiger partial charge is 0.407 e. The maximum Gasteiger partial charge on any atom is 0.407 e. The number of carboxylic acid groups (broad SMARTS) is 1. The molecule has 164 valence electrons. The van der Waals surface area contributed by atoms with Gasteiger partial charge in [0.25, 0.3) is 0 Å². The van der Waals surface area contributed by atoms with E-state index in [2.05, 4.69) is 11.4 Å². The van der Waals surface area contributed by atoms with Crippen LogP contribution in [0.15, 0.2) is 18.2 Å². The number of amides is 2. The standard InChI is InChI=1S/C22H26N4O5/c1-12(2)31-21(28)24-14-8-16-15-7-13(10-23)3-4-17(15)26(18(16)9-14)11-19-20(27)5-6-25(19)22(29)30/h3-4,7,12,14,19-20,27H,5-6,8-9,11H2,1-2H3,(H,24,28)(H,29,30)/t14-,19+,20-/m0/s1. The van der Waals surface area contributed by atoms with E-state index in [0.29, 0.717) is 37.9 Å². The summed E-state index contributed by atoms with van der Waals surface area (Å²) in [5.41, 5.74) is 3.47. The lowest BCUT2D eigenvalue weighted by molar-refractivity contribution is 0.0923. The van der Waals surface area contributed by atoms with Gasteiger partial charge in [-0.05, 0) is 50.5 Å². The Labute approximate surface area is 179 Å². The molecule has 1 aromatic carbocycles. The van der Waals surface area contributed by atoms with Crippen LogP contribution in [0.2, 0.25) is 0 Å². The predicted octanol–water partition coefficient (Wildman–Crippen LogP) is 2.23. The highest BCUT2D eigenvalue weighted by molar-refractivity contribution is 5.88. The number of fused-ring (bicyclic) bond motifs is 3. The molecule has 9 nitrogen and oxygen atoms in total. The molecule has 0 spiro atoms. The summed E-state index contributed by atoms with van der Waals surface area (Å²) in [6, 6.07) is 6.90. The lowest BCUT2D eigenvalue weighted by atomic mass is 10.1. The number of nitriles is 1. The molecule has 0 radical (unpaired) electrons. The molecule has 1 saturated heterocycles. The summed E-state index contributed by atoms with van der Waals surface area (Å²) in [4.78, 5) is 25.0. The maximum atomic E-state index is 12.1. The van der Waals surface area contributed by atoms with Crippen molar-refractivity contribution in [2.24, 2.45) is 0 Å². The lowest BCUT2D eigenvalue weighted by Crippen LogP contribution is -2.42. The minimum Gasteiger partial charge on any atom is -0.465 e. The van der Waals surface area contributed by atoms with Gasteiger partial charge in [-0.3, -0.25) is 0 Å². The molecule has 1 aromatic heterocycles. The molecule has 3 atom stereocenters. The molecule has 31 heavy (non-hydrogen) atoms. The second kappa shape index (κ2) is 8.12. The molecule has 2 amide bonds. The predicted molar refractivity (Wildman–Crippen MR) is 112 cm³/mol. The normalized spacial score (nSPS) is 22.5. The van der Waals surface area contributed by atoms with Crippen molar-refractivity contribution in [3.63, 3.8) is 0 Å². The van der Waals surface area contributed by atoms with E-state index >= 15 is 0 Å². The summed E-state index contributed by atoms with van der Waals surface area (Å²) >= 11 is 0. The van der Waals surface area contributed by atoms with Crippen molar-refractivity contribution in [3.8, 4) is 6.07 Å². The third-order valence-electron chi connectivity index (χ3n) is 6.10. The van der Waals surface area contributed by atoms with Crippen LogP contribution >= 0.6 is 0 Å². The first-order valence-corrected chi connectivity index (χ1v) is 10.5. The second-order valence-corrected chi connectivity index (χ2v) is 8.48. The van der Waals surface area contributed by atoms with Crippen LogP contribution in [0.1, 0.15) is 37.1 Å². The van der Waals surface area contributed by atoms with E-state index < -0.39 is 24.3 Å². The van der Waals surface area contributed by atoms with E-state index in [1.807, 2.05) is 16.7 Å². The van der Waals surface area contributed by atoms with Gasteiger partial charge in [-0.15, -0.1) is 0 Å². The molecule has 0 saturated carbocycles. The van der Waals surface area contributed by atoms with Gasteiger partial charge in [0, 0.05) is 42.1 Å². The van der Waals surface area contributed by atoms with E-state index in [1.165, 1.54) is 4.90 Å². The third-order valence-corrected chi connectivity index (χ3v) is 6.10. The zero-order valence-corrected chi connectivity index (χ0v) is 17.5. The largest absolute Gasteiger partial charge is 0.465 e. The van der Waals surface area contributed by atoms with Crippen molar-refractivity contribution in [1.29, 1.82) is 5.26 Å². The first-order chi connectivity index (χ1) is 14.8. The number of benzene rings is 1. The molecule has 2 aliphatic rings. The van der Waals surface area contributed by atoms with Crippen LogP contribution in [0.3, 0.4) is 0 Å². The number of rotatable bonds is 4. The number of carbonyl (C=O) groups is 2. The monoisotopic (exact) mass is 426 g/mol. The molecular weight excluding hydrogens is 400 g/mol. The zero-order valence-electron chi connectivity index (χ0n) is 17.5. The van der Waals surface area contributed by atoms with E-state index in [-0.39, 0.29) is 12.1 Å². The third kappa shape index (κ3) is 3.91. The fourth-order valence-corrected chi connectivity index (χ4v) is 4.77. The van der Waals surface area contributed by atoms with Crippen LogP contribution in [-0.4, -0.2) is 62.7 Å². The van der Waals surface area contributed by atoms with Gasteiger partial charge >= 0.3 is 12.2 Å². The average Bonchev–Trinajstić information content (AvgIpc) is 3.35. The Morgan fingerprint density at radius 1 is 1.35 bits per heavy atom. The van der Waals surface area contributed by atoms with Gasteiger partial charge in [0.1, 0.15) is 0 Å². The van der Waals surface area contributed by atoms with Gasteiger partial charge in [-0.25, -0.2) is 9.59 Å². The number of alkyl carbamates (subject to hydrolysis) is 1. The van der Waals surface area contributed by atoms with E-state index in [1.54, 1.807) is 19.9 Å². The SMILES string of the molecule is CC(C)OC(=O)N[C@H]1Cc2c(n(C[C@@H]3[C@@H](O)CCN3C(=O)O)c3ccc(C#N)cc23)C1. The van der Waals surface area contributed by atoms with E-state index in [9.17, 15) is 25.1 Å². The molecule has 1 fully saturated rings. The summed E-state index contributed by atoms with van der Waals surface area (Å²) < 4.78 is 7.24. The first kappa shape index (κ1) is 21.0. The maximum absolute atomic E-state index is 12.1.